The van der Waals surface area contributed by atoms with Crippen molar-refractivity contribution in [2.45, 2.75) is 39.8 Å². The summed E-state index contributed by atoms with van der Waals surface area (Å²) in [7, 11) is 0. The molecule has 0 aliphatic carbocycles. The molecule has 0 saturated carbocycles. The smallest absolute Gasteiger partial charge is 0.264 e. The molecule has 1 amide bonds. The van der Waals surface area contributed by atoms with Crippen molar-refractivity contribution in [3.05, 3.63) is 52.7 Å². The first kappa shape index (κ1) is 18.5. The lowest BCUT2D eigenvalue weighted by molar-refractivity contribution is -0.116. The van der Waals surface area contributed by atoms with Gasteiger partial charge in [-0.3, -0.25) is 19.0 Å². The third kappa shape index (κ3) is 3.79. The molecule has 0 spiro atoms. The van der Waals surface area contributed by atoms with Crippen molar-refractivity contribution in [3.63, 3.8) is 0 Å². The zero-order valence-corrected chi connectivity index (χ0v) is 15.7. The number of hydrogen-bond acceptors (Lipinski definition) is 5. The van der Waals surface area contributed by atoms with Gasteiger partial charge in [0.15, 0.2) is 11.4 Å². The summed E-state index contributed by atoms with van der Waals surface area (Å²) in [5, 5.41) is 7.32. The zero-order valence-electron chi connectivity index (χ0n) is 15.7. The molecule has 1 aromatic carbocycles. The minimum atomic E-state index is -0.364. The lowest BCUT2D eigenvalue weighted by Gasteiger charge is -2.19. The first-order valence-electron chi connectivity index (χ1n) is 8.51. The van der Waals surface area contributed by atoms with Crippen molar-refractivity contribution in [1.82, 2.24) is 19.3 Å². The molecular formula is C19H21N5O3. The molecule has 140 valence electrons. The number of ketones is 1. The third-order valence-corrected chi connectivity index (χ3v) is 4.08. The summed E-state index contributed by atoms with van der Waals surface area (Å²) in [6.07, 6.45) is 2.83. The van der Waals surface area contributed by atoms with Crippen molar-refractivity contribution in [1.29, 1.82) is 0 Å². The predicted molar refractivity (Wildman–Crippen MR) is 102 cm³/mol. The molecule has 3 aromatic rings. The van der Waals surface area contributed by atoms with Crippen molar-refractivity contribution in [3.8, 4) is 0 Å². The maximum Gasteiger partial charge on any atom is 0.264 e. The SMILES string of the molecule is CC(=O)c1ccc(NC(=O)Cn2cnc3c(cnn3C(C)(C)C)c2=O)cc1. The van der Waals surface area contributed by atoms with Crippen LogP contribution < -0.4 is 10.9 Å². The molecule has 8 nitrogen and oxygen atoms in total. The summed E-state index contributed by atoms with van der Waals surface area (Å²) >= 11 is 0. The molecule has 3 rings (SSSR count). The Morgan fingerprint density at radius 1 is 1.15 bits per heavy atom. The van der Waals surface area contributed by atoms with E-state index in [0.717, 1.165) is 0 Å². The number of amides is 1. The summed E-state index contributed by atoms with van der Waals surface area (Å²) in [6.45, 7) is 7.22. The average Bonchev–Trinajstić information content (AvgIpc) is 3.03. The standard InChI is InChI=1S/C19H21N5O3/c1-12(25)13-5-7-14(8-6-13)22-16(26)10-23-11-20-17-15(18(23)27)9-21-24(17)19(2,3)4/h5-9,11H,10H2,1-4H3,(H,22,26). The molecule has 1 N–H and O–H groups in total. The van der Waals surface area contributed by atoms with E-state index in [4.69, 9.17) is 0 Å². The number of nitrogens with zero attached hydrogens (tertiary/aromatic N) is 4. The fraction of sp³-hybridized carbons (Fsp3) is 0.316. The van der Waals surface area contributed by atoms with Crippen molar-refractivity contribution >= 4 is 28.4 Å². The van der Waals surface area contributed by atoms with Crippen LogP contribution in [-0.4, -0.2) is 31.0 Å². The zero-order chi connectivity index (χ0) is 19.8. The van der Waals surface area contributed by atoms with E-state index in [1.165, 1.54) is 24.0 Å². The highest BCUT2D eigenvalue weighted by Crippen LogP contribution is 2.17. The van der Waals surface area contributed by atoms with Gasteiger partial charge in [0.05, 0.1) is 11.7 Å². The number of rotatable bonds is 4. The highest BCUT2D eigenvalue weighted by molar-refractivity contribution is 5.95. The first-order chi connectivity index (χ1) is 12.7. The summed E-state index contributed by atoms with van der Waals surface area (Å²) in [6, 6.07) is 6.57. The van der Waals surface area contributed by atoms with E-state index in [-0.39, 0.29) is 29.3 Å². The molecule has 27 heavy (non-hydrogen) atoms. The minimum absolute atomic E-state index is 0.0467. The van der Waals surface area contributed by atoms with Crippen LogP contribution in [0.25, 0.3) is 11.0 Å². The molecule has 8 heteroatoms. The Morgan fingerprint density at radius 2 is 1.81 bits per heavy atom. The number of nitrogens with one attached hydrogen (secondary N) is 1. The molecule has 0 unspecified atom stereocenters. The fourth-order valence-electron chi connectivity index (χ4n) is 2.70. The van der Waals surface area contributed by atoms with Gasteiger partial charge in [0.2, 0.25) is 5.91 Å². The lowest BCUT2D eigenvalue weighted by atomic mass is 10.1. The van der Waals surface area contributed by atoms with Crippen molar-refractivity contribution in [2.75, 3.05) is 5.32 Å². The molecule has 0 saturated heterocycles. The van der Waals surface area contributed by atoms with Crippen LogP contribution in [-0.2, 0) is 16.9 Å². The lowest BCUT2D eigenvalue weighted by Crippen LogP contribution is -2.29. The summed E-state index contributed by atoms with van der Waals surface area (Å²) in [4.78, 5) is 40.5. The van der Waals surface area contributed by atoms with Gasteiger partial charge in [-0.2, -0.15) is 5.10 Å². The summed E-state index contributed by atoms with van der Waals surface area (Å²) in [5.41, 5.74) is 0.973. The third-order valence-electron chi connectivity index (χ3n) is 4.08. The summed E-state index contributed by atoms with van der Waals surface area (Å²) < 4.78 is 2.93. The number of benzene rings is 1. The van der Waals surface area contributed by atoms with Gasteiger partial charge in [-0.1, -0.05) is 0 Å². The van der Waals surface area contributed by atoms with Crippen LogP contribution in [0.1, 0.15) is 38.1 Å². The van der Waals surface area contributed by atoms with Crippen LogP contribution in [0.2, 0.25) is 0 Å². The van der Waals surface area contributed by atoms with E-state index < -0.39 is 0 Å². The molecule has 0 bridgehead atoms. The quantitative estimate of drug-likeness (QED) is 0.713. The number of Topliss-reactive ketones (excluding diaryl/α,β-unsaturated/α-hetero) is 1. The summed E-state index contributed by atoms with van der Waals surface area (Å²) in [5.74, 6) is -0.411. The maximum atomic E-state index is 12.6. The maximum absolute atomic E-state index is 12.6. The van der Waals surface area contributed by atoms with Crippen LogP contribution in [0.15, 0.2) is 41.6 Å². The number of hydrogen-bond donors (Lipinski definition) is 1. The van der Waals surface area contributed by atoms with Gasteiger partial charge in [0.25, 0.3) is 5.56 Å². The molecule has 0 aliphatic heterocycles. The van der Waals surface area contributed by atoms with E-state index in [1.807, 2.05) is 20.8 Å². The second-order valence-electron chi connectivity index (χ2n) is 7.32. The van der Waals surface area contributed by atoms with Gasteiger partial charge in [0, 0.05) is 11.3 Å². The highest BCUT2D eigenvalue weighted by Gasteiger charge is 2.20. The number of carbonyl (C=O) groups excluding carboxylic acids is 2. The van der Waals surface area contributed by atoms with Crippen LogP contribution in [0.4, 0.5) is 5.69 Å². The van der Waals surface area contributed by atoms with E-state index >= 15 is 0 Å². The van der Waals surface area contributed by atoms with Crippen LogP contribution in [0.3, 0.4) is 0 Å². The van der Waals surface area contributed by atoms with Crippen molar-refractivity contribution in [2.24, 2.45) is 0 Å². The van der Waals surface area contributed by atoms with E-state index in [2.05, 4.69) is 15.4 Å². The molecule has 0 fully saturated rings. The van der Waals surface area contributed by atoms with Crippen LogP contribution in [0, 0.1) is 0 Å². The fourth-order valence-corrected chi connectivity index (χ4v) is 2.70. The highest BCUT2D eigenvalue weighted by atomic mass is 16.2. The van der Waals surface area contributed by atoms with Gasteiger partial charge < -0.3 is 5.32 Å². The molecule has 2 heterocycles. The topological polar surface area (TPSA) is 98.9 Å². The molecule has 0 atom stereocenters. The Labute approximate surface area is 155 Å². The average molecular weight is 367 g/mol. The minimum Gasteiger partial charge on any atom is -0.325 e. The predicted octanol–water partition coefficient (Wildman–Crippen LogP) is 2.19. The number of carbonyl (C=O) groups is 2. The Kier molecular flexibility index (Phi) is 4.65. The number of anilines is 1. The van der Waals surface area contributed by atoms with E-state index in [9.17, 15) is 14.4 Å². The Bertz CT molecular complexity index is 1070. The Hall–Kier alpha value is -3.29. The van der Waals surface area contributed by atoms with Gasteiger partial charge in [-0.05, 0) is 52.0 Å². The molecule has 0 radical (unpaired) electrons. The number of aromatic nitrogens is 4. The second-order valence-corrected chi connectivity index (χ2v) is 7.32. The van der Waals surface area contributed by atoms with Gasteiger partial charge in [0.1, 0.15) is 18.3 Å². The molecular weight excluding hydrogens is 346 g/mol. The molecule has 0 aliphatic rings. The van der Waals surface area contributed by atoms with Gasteiger partial charge in [-0.15, -0.1) is 0 Å². The normalized spacial score (nSPS) is 11.6. The first-order valence-corrected chi connectivity index (χ1v) is 8.51. The Balaban J connectivity index is 1.80. The number of fused-ring (bicyclic) bond motifs is 1. The second kappa shape index (κ2) is 6.79. The molecule has 2 aromatic heterocycles. The van der Waals surface area contributed by atoms with Crippen LogP contribution in [0.5, 0.6) is 0 Å². The largest absolute Gasteiger partial charge is 0.325 e. The van der Waals surface area contributed by atoms with E-state index in [0.29, 0.717) is 22.3 Å². The monoisotopic (exact) mass is 367 g/mol. The van der Waals surface area contributed by atoms with E-state index in [1.54, 1.807) is 28.9 Å². The van der Waals surface area contributed by atoms with Crippen molar-refractivity contribution < 1.29 is 9.59 Å². The van der Waals surface area contributed by atoms with Gasteiger partial charge >= 0.3 is 0 Å². The van der Waals surface area contributed by atoms with Gasteiger partial charge in [-0.25, -0.2) is 9.67 Å². The van der Waals surface area contributed by atoms with Crippen LogP contribution >= 0.6 is 0 Å². The Morgan fingerprint density at radius 3 is 2.41 bits per heavy atom.